The lowest BCUT2D eigenvalue weighted by Crippen LogP contribution is -2.45. The zero-order valence-electron chi connectivity index (χ0n) is 23.8. The van der Waals surface area contributed by atoms with E-state index >= 15 is 0 Å². The van der Waals surface area contributed by atoms with Crippen LogP contribution in [0, 0.1) is 20.2 Å². The van der Waals surface area contributed by atoms with E-state index < -0.39 is 45.7 Å². The summed E-state index contributed by atoms with van der Waals surface area (Å²) in [5.41, 5.74) is 3.23. The van der Waals surface area contributed by atoms with Crippen LogP contribution in [0.1, 0.15) is 31.0 Å². The van der Waals surface area contributed by atoms with Gasteiger partial charge in [-0.15, -0.1) is 0 Å². The van der Waals surface area contributed by atoms with Gasteiger partial charge >= 0.3 is 11.7 Å². The fraction of sp³-hybridized carbons (Fsp3) is 0.172. The second-order valence-corrected chi connectivity index (χ2v) is 9.66. The van der Waals surface area contributed by atoms with Crippen LogP contribution in [0.3, 0.4) is 0 Å². The number of rotatable bonds is 12. The Balaban J connectivity index is 1.40. The number of nitrogens with zero attached hydrogens (tertiary/aromatic N) is 3. The molecule has 4 rings (SSSR count). The van der Waals surface area contributed by atoms with Gasteiger partial charge in [0.15, 0.2) is 11.7 Å². The standard InChI is InChI=1S/C29H26N6O9S/c1-3-42-28(37)26-17(2)31-29(45)32-27(26)21-9-4-5-10-23(21)43-16-25(36)33-30-15-18-7-6-8-20(13-18)44-24-12-11-19(34(38)39)14-22(24)35(40)41/h4-15,27H,3,16H2,1-2H3,(H,33,36)(H2,31,32,45)/t27-/m1/s1. The predicted octanol–water partition coefficient (Wildman–Crippen LogP) is 4.18. The Morgan fingerprint density at radius 2 is 1.82 bits per heavy atom. The maximum absolute atomic E-state index is 12.7. The number of para-hydroxylation sites is 1. The quantitative estimate of drug-likeness (QED) is 0.0846. The summed E-state index contributed by atoms with van der Waals surface area (Å²) in [6.07, 6.45) is 1.32. The number of nitrogens with one attached hydrogen (secondary N) is 3. The Kier molecular flexibility index (Phi) is 10.3. The van der Waals surface area contributed by atoms with Crippen LogP contribution in [0.15, 0.2) is 83.1 Å². The largest absolute Gasteiger partial charge is 0.483 e. The zero-order valence-corrected chi connectivity index (χ0v) is 24.7. The van der Waals surface area contributed by atoms with Crippen LogP contribution in [-0.2, 0) is 14.3 Å². The number of hydrogen-bond acceptors (Lipinski definition) is 11. The number of allylic oxidation sites excluding steroid dienone is 1. The van der Waals surface area contributed by atoms with Crippen molar-refractivity contribution in [1.29, 1.82) is 0 Å². The fourth-order valence-corrected chi connectivity index (χ4v) is 4.52. The van der Waals surface area contributed by atoms with Crippen molar-refractivity contribution in [3.8, 4) is 17.2 Å². The summed E-state index contributed by atoms with van der Waals surface area (Å²) in [4.78, 5) is 46.1. The average Bonchev–Trinajstić information content (AvgIpc) is 3.00. The van der Waals surface area contributed by atoms with Crippen LogP contribution < -0.4 is 25.5 Å². The number of esters is 1. The van der Waals surface area contributed by atoms with Gasteiger partial charge in [0.1, 0.15) is 11.5 Å². The van der Waals surface area contributed by atoms with E-state index in [1.54, 1.807) is 50.2 Å². The molecule has 0 unspecified atom stereocenters. The van der Waals surface area contributed by atoms with Crippen molar-refractivity contribution >= 4 is 46.8 Å². The second kappa shape index (κ2) is 14.5. The van der Waals surface area contributed by atoms with Gasteiger partial charge < -0.3 is 24.8 Å². The van der Waals surface area contributed by atoms with E-state index in [4.69, 9.17) is 26.4 Å². The van der Waals surface area contributed by atoms with Gasteiger partial charge in [-0.05, 0) is 55.9 Å². The number of carbonyl (C=O) groups excluding carboxylic acids is 2. The molecule has 0 bridgehead atoms. The van der Waals surface area contributed by atoms with Crippen molar-refractivity contribution in [3.63, 3.8) is 0 Å². The first-order chi connectivity index (χ1) is 21.6. The zero-order chi connectivity index (χ0) is 32.5. The highest BCUT2D eigenvalue weighted by Gasteiger charge is 2.32. The molecule has 3 aromatic carbocycles. The van der Waals surface area contributed by atoms with E-state index in [9.17, 15) is 29.8 Å². The third-order valence-corrected chi connectivity index (χ3v) is 6.41. The second-order valence-electron chi connectivity index (χ2n) is 9.25. The van der Waals surface area contributed by atoms with Crippen LogP contribution in [-0.4, -0.2) is 46.3 Å². The Bertz CT molecular complexity index is 1730. The van der Waals surface area contributed by atoms with E-state index in [0.717, 1.165) is 18.2 Å². The summed E-state index contributed by atoms with van der Waals surface area (Å²) < 4.78 is 16.6. The Morgan fingerprint density at radius 1 is 1.04 bits per heavy atom. The first-order valence-corrected chi connectivity index (χ1v) is 13.7. The average molecular weight is 635 g/mol. The number of carbonyl (C=O) groups is 2. The minimum Gasteiger partial charge on any atom is -0.483 e. The molecule has 3 N–H and O–H groups in total. The highest BCUT2D eigenvalue weighted by Crippen LogP contribution is 2.35. The number of hydrogen-bond donors (Lipinski definition) is 3. The molecule has 0 saturated heterocycles. The van der Waals surface area contributed by atoms with Crippen molar-refractivity contribution in [2.24, 2.45) is 5.10 Å². The number of ether oxygens (including phenoxy) is 3. The summed E-state index contributed by atoms with van der Waals surface area (Å²) in [6.45, 7) is 3.19. The predicted molar refractivity (Wildman–Crippen MR) is 165 cm³/mol. The van der Waals surface area contributed by atoms with E-state index in [1.165, 1.54) is 18.3 Å². The van der Waals surface area contributed by atoms with Crippen molar-refractivity contribution in [2.45, 2.75) is 19.9 Å². The summed E-state index contributed by atoms with van der Waals surface area (Å²) in [7, 11) is 0. The first kappa shape index (κ1) is 32.0. The van der Waals surface area contributed by atoms with Crippen molar-refractivity contribution in [1.82, 2.24) is 16.1 Å². The number of nitro groups is 2. The highest BCUT2D eigenvalue weighted by atomic mass is 32.1. The fourth-order valence-electron chi connectivity index (χ4n) is 4.24. The van der Waals surface area contributed by atoms with Crippen LogP contribution >= 0.6 is 12.2 Å². The minimum atomic E-state index is -0.779. The molecule has 1 amide bonds. The molecule has 0 radical (unpaired) electrons. The molecule has 15 nitrogen and oxygen atoms in total. The Morgan fingerprint density at radius 3 is 2.56 bits per heavy atom. The van der Waals surface area contributed by atoms with Crippen LogP contribution in [0.25, 0.3) is 0 Å². The summed E-state index contributed by atoms with van der Waals surface area (Å²) >= 11 is 5.28. The van der Waals surface area contributed by atoms with Gasteiger partial charge in [0, 0.05) is 17.3 Å². The van der Waals surface area contributed by atoms with E-state index in [1.807, 2.05) is 0 Å². The van der Waals surface area contributed by atoms with Crippen LogP contribution in [0.5, 0.6) is 17.2 Å². The molecule has 16 heteroatoms. The molecule has 1 atom stereocenters. The maximum Gasteiger partial charge on any atom is 0.338 e. The SMILES string of the molecule is CCOC(=O)C1=C(C)NC(=S)N[C@@H]1c1ccccc1OCC(=O)NN=Cc1cccc(Oc2ccc([N+](=O)[O-])cc2[N+](=O)[O-])c1. The third kappa shape index (κ3) is 8.14. The number of nitro benzene ring substituents is 2. The lowest BCUT2D eigenvalue weighted by Gasteiger charge is -2.30. The molecule has 232 valence electrons. The summed E-state index contributed by atoms with van der Waals surface area (Å²) in [5.74, 6) is -0.767. The molecule has 0 spiro atoms. The van der Waals surface area contributed by atoms with Crippen LogP contribution in [0.4, 0.5) is 11.4 Å². The molecule has 1 aliphatic rings. The number of thiocarbonyl (C=S) groups is 1. The van der Waals surface area contributed by atoms with Crippen molar-refractivity contribution in [2.75, 3.05) is 13.2 Å². The maximum atomic E-state index is 12.7. The lowest BCUT2D eigenvalue weighted by molar-refractivity contribution is -0.394. The van der Waals surface area contributed by atoms with Crippen LogP contribution in [0.2, 0.25) is 0 Å². The minimum absolute atomic E-state index is 0.186. The van der Waals surface area contributed by atoms with Gasteiger partial charge in [-0.25, -0.2) is 10.2 Å². The molecule has 0 fully saturated rings. The molecular formula is C29H26N6O9S. The smallest absolute Gasteiger partial charge is 0.338 e. The van der Waals surface area contributed by atoms with Crippen molar-refractivity contribution < 1.29 is 33.6 Å². The first-order valence-electron chi connectivity index (χ1n) is 13.3. The van der Waals surface area contributed by atoms with E-state index in [0.29, 0.717) is 33.3 Å². The molecular weight excluding hydrogens is 608 g/mol. The molecule has 0 aromatic heterocycles. The number of amides is 1. The highest BCUT2D eigenvalue weighted by molar-refractivity contribution is 7.80. The Labute approximate surface area is 261 Å². The molecule has 0 saturated carbocycles. The molecule has 3 aromatic rings. The summed E-state index contributed by atoms with van der Waals surface area (Å²) in [6, 6.07) is 15.5. The van der Waals surface area contributed by atoms with Gasteiger partial charge in [-0.3, -0.25) is 25.0 Å². The van der Waals surface area contributed by atoms with E-state index in [-0.39, 0.29) is 18.1 Å². The lowest BCUT2D eigenvalue weighted by atomic mass is 9.95. The third-order valence-electron chi connectivity index (χ3n) is 6.19. The number of non-ortho nitro benzene ring substituents is 1. The molecule has 1 heterocycles. The van der Waals surface area contributed by atoms with Gasteiger partial charge in [-0.2, -0.15) is 5.10 Å². The van der Waals surface area contributed by atoms with Gasteiger partial charge in [0.2, 0.25) is 5.75 Å². The summed E-state index contributed by atoms with van der Waals surface area (Å²) in [5, 5.41) is 32.6. The molecule has 1 aliphatic heterocycles. The monoisotopic (exact) mass is 634 g/mol. The van der Waals surface area contributed by atoms with E-state index in [2.05, 4.69) is 21.2 Å². The van der Waals surface area contributed by atoms with Gasteiger partial charge in [0.05, 0.1) is 40.3 Å². The Hall–Kier alpha value is -5.90. The van der Waals surface area contributed by atoms with Crippen molar-refractivity contribution in [3.05, 3.63) is 109 Å². The number of benzene rings is 3. The van der Waals surface area contributed by atoms with Gasteiger partial charge in [-0.1, -0.05) is 30.3 Å². The topological polar surface area (TPSA) is 197 Å². The molecule has 0 aliphatic carbocycles. The normalized spacial score (nSPS) is 14.3. The molecule has 45 heavy (non-hydrogen) atoms. The van der Waals surface area contributed by atoms with Gasteiger partial charge in [0.25, 0.3) is 11.6 Å². The number of hydrazone groups is 1.